The molecule has 0 spiro atoms. The lowest BCUT2D eigenvalue weighted by molar-refractivity contribution is 1.13. The summed E-state index contributed by atoms with van der Waals surface area (Å²) in [5.41, 5.74) is 10.9. The Morgan fingerprint density at radius 2 is 1.75 bits per heavy atom. The molecule has 0 amide bonds. The minimum absolute atomic E-state index is 0.400. The van der Waals surface area contributed by atoms with Gasteiger partial charge in [-0.05, 0) is 48.9 Å². The molecule has 0 unspecified atom stereocenters. The van der Waals surface area contributed by atoms with Crippen molar-refractivity contribution in [1.29, 1.82) is 0 Å². The summed E-state index contributed by atoms with van der Waals surface area (Å²) in [4.78, 5) is 2.47. The average Bonchev–Trinajstić information content (AvgIpc) is 2.39. The second-order valence-electron chi connectivity index (χ2n) is 4.98. The quantitative estimate of drug-likeness (QED) is 0.844. The van der Waals surface area contributed by atoms with Gasteiger partial charge < -0.3 is 16.0 Å². The Labute approximate surface area is 125 Å². The molecule has 104 valence electrons. The van der Waals surface area contributed by atoms with Crippen LogP contribution in [0.2, 0.25) is 0 Å². The van der Waals surface area contributed by atoms with E-state index in [1.54, 1.807) is 0 Å². The first kappa shape index (κ1) is 14.3. The first-order valence-electron chi connectivity index (χ1n) is 6.42. The highest BCUT2D eigenvalue weighted by Crippen LogP contribution is 2.24. The summed E-state index contributed by atoms with van der Waals surface area (Å²) in [5.74, 6) is 0. The molecule has 4 heteroatoms. The van der Waals surface area contributed by atoms with Gasteiger partial charge in [-0.25, -0.2) is 0 Å². The lowest BCUT2D eigenvalue weighted by atomic mass is 10.1. The van der Waals surface area contributed by atoms with Crippen LogP contribution in [0.25, 0.3) is 0 Å². The number of thiocarbonyl (C=S) groups is 1. The van der Waals surface area contributed by atoms with E-state index in [2.05, 4.69) is 22.3 Å². The molecule has 0 bridgehead atoms. The molecular weight excluding hydrogens is 266 g/mol. The highest BCUT2D eigenvalue weighted by Gasteiger charge is 2.06. The number of hydrogen-bond acceptors (Lipinski definition) is 3. The van der Waals surface area contributed by atoms with Gasteiger partial charge in [-0.15, -0.1) is 0 Å². The van der Waals surface area contributed by atoms with E-state index in [1.165, 1.54) is 0 Å². The predicted octanol–water partition coefficient (Wildman–Crippen LogP) is 3.44. The van der Waals surface area contributed by atoms with Crippen LogP contribution in [0.4, 0.5) is 17.1 Å². The Bertz CT molecular complexity index is 618. The highest BCUT2D eigenvalue weighted by molar-refractivity contribution is 7.80. The monoisotopic (exact) mass is 285 g/mol. The van der Waals surface area contributed by atoms with E-state index in [-0.39, 0.29) is 0 Å². The fourth-order valence-electron chi connectivity index (χ4n) is 1.97. The molecule has 0 heterocycles. The van der Waals surface area contributed by atoms with E-state index >= 15 is 0 Å². The number of hydrogen-bond donors (Lipinski definition) is 2. The Morgan fingerprint density at radius 1 is 1.10 bits per heavy atom. The van der Waals surface area contributed by atoms with E-state index < -0.39 is 0 Å². The third-order valence-corrected chi connectivity index (χ3v) is 3.32. The molecule has 0 radical (unpaired) electrons. The van der Waals surface area contributed by atoms with Crippen molar-refractivity contribution < 1.29 is 0 Å². The Kier molecular flexibility index (Phi) is 4.25. The van der Waals surface area contributed by atoms with Gasteiger partial charge in [0.25, 0.3) is 0 Å². The minimum Gasteiger partial charge on any atom is -0.389 e. The number of nitrogens with two attached hydrogens (primary N) is 1. The zero-order valence-corrected chi connectivity index (χ0v) is 12.8. The maximum atomic E-state index is 5.77. The number of rotatable bonds is 4. The van der Waals surface area contributed by atoms with Crippen LogP contribution in [0.3, 0.4) is 0 Å². The summed E-state index contributed by atoms with van der Waals surface area (Å²) in [6, 6.07) is 14.2. The fraction of sp³-hybridized carbons (Fsp3) is 0.188. The summed E-state index contributed by atoms with van der Waals surface area (Å²) in [7, 11) is 4.04. The minimum atomic E-state index is 0.400. The molecule has 2 rings (SSSR count). The van der Waals surface area contributed by atoms with Crippen LogP contribution in [0.5, 0.6) is 0 Å². The molecule has 0 saturated heterocycles. The third kappa shape index (κ3) is 3.27. The van der Waals surface area contributed by atoms with Crippen molar-refractivity contribution in [2.24, 2.45) is 5.73 Å². The molecule has 3 N–H and O–H groups in total. The van der Waals surface area contributed by atoms with Gasteiger partial charge in [0, 0.05) is 36.7 Å². The molecule has 0 aliphatic carbocycles. The van der Waals surface area contributed by atoms with Crippen LogP contribution in [0.15, 0.2) is 42.5 Å². The van der Waals surface area contributed by atoms with E-state index in [1.807, 2.05) is 51.4 Å². The molecule has 0 aliphatic heterocycles. The summed E-state index contributed by atoms with van der Waals surface area (Å²) in [5, 5.41) is 3.37. The van der Waals surface area contributed by atoms with Crippen LogP contribution in [0, 0.1) is 6.92 Å². The SMILES string of the molecule is Cc1ccc(C(N)=S)c(Nc2ccc(N(C)C)cc2)c1. The number of nitrogens with zero attached hydrogens (tertiary/aromatic N) is 1. The first-order chi connectivity index (χ1) is 9.47. The van der Waals surface area contributed by atoms with Crippen LogP contribution in [-0.4, -0.2) is 19.1 Å². The van der Waals surface area contributed by atoms with Crippen molar-refractivity contribution in [2.45, 2.75) is 6.92 Å². The summed E-state index contributed by atoms with van der Waals surface area (Å²) in [6.45, 7) is 2.05. The van der Waals surface area contributed by atoms with Crippen LogP contribution in [-0.2, 0) is 0 Å². The largest absolute Gasteiger partial charge is 0.389 e. The topological polar surface area (TPSA) is 41.3 Å². The Morgan fingerprint density at radius 3 is 2.30 bits per heavy atom. The smallest absolute Gasteiger partial charge is 0.106 e. The molecule has 2 aromatic rings. The molecule has 0 fully saturated rings. The average molecular weight is 285 g/mol. The van der Waals surface area contributed by atoms with E-state index in [4.69, 9.17) is 18.0 Å². The summed E-state index contributed by atoms with van der Waals surface area (Å²) >= 11 is 5.10. The van der Waals surface area contributed by atoms with Crippen molar-refractivity contribution >= 4 is 34.3 Å². The zero-order chi connectivity index (χ0) is 14.7. The normalized spacial score (nSPS) is 10.2. The number of aryl methyl sites for hydroxylation is 1. The van der Waals surface area contributed by atoms with E-state index in [0.29, 0.717) is 4.99 Å². The standard InChI is InChI=1S/C16H19N3S/c1-11-4-9-14(16(17)20)15(10-11)18-12-5-7-13(8-6-12)19(2)3/h4-10,18H,1-3H3,(H2,17,20). The summed E-state index contributed by atoms with van der Waals surface area (Å²) < 4.78 is 0. The van der Waals surface area contributed by atoms with Gasteiger partial charge in [-0.3, -0.25) is 0 Å². The number of nitrogens with one attached hydrogen (secondary N) is 1. The van der Waals surface area contributed by atoms with Gasteiger partial charge in [0.1, 0.15) is 4.99 Å². The molecule has 0 atom stereocenters. The van der Waals surface area contributed by atoms with Crippen LogP contribution in [0.1, 0.15) is 11.1 Å². The zero-order valence-electron chi connectivity index (χ0n) is 12.0. The lowest BCUT2D eigenvalue weighted by Crippen LogP contribution is -2.12. The lowest BCUT2D eigenvalue weighted by Gasteiger charge is -2.15. The molecule has 0 aliphatic rings. The molecule has 0 saturated carbocycles. The molecular formula is C16H19N3S. The molecule has 0 aromatic heterocycles. The van der Waals surface area contributed by atoms with Crippen molar-refractivity contribution in [2.75, 3.05) is 24.3 Å². The molecule has 20 heavy (non-hydrogen) atoms. The second kappa shape index (κ2) is 5.92. The van der Waals surface area contributed by atoms with E-state index in [0.717, 1.165) is 28.2 Å². The van der Waals surface area contributed by atoms with Crippen molar-refractivity contribution in [3.8, 4) is 0 Å². The van der Waals surface area contributed by atoms with Gasteiger partial charge in [0.2, 0.25) is 0 Å². The van der Waals surface area contributed by atoms with Gasteiger partial charge in [0.15, 0.2) is 0 Å². The second-order valence-corrected chi connectivity index (χ2v) is 5.42. The molecule has 2 aromatic carbocycles. The number of anilines is 3. The van der Waals surface area contributed by atoms with Gasteiger partial charge in [-0.1, -0.05) is 18.3 Å². The molecule has 3 nitrogen and oxygen atoms in total. The number of benzene rings is 2. The van der Waals surface area contributed by atoms with Crippen molar-refractivity contribution in [1.82, 2.24) is 0 Å². The fourth-order valence-corrected chi connectivity index (χ4v) is 2.15. The van der Waals surface area contributed by atoms with Crippen LogP contribution >= 0.6 is 12.2 Å². The maximum absolute atomic E-state index is 5.77. The summed E-state index contributed by atoms with van der Waals surface area (Å²) in [6.07, 6.45) is 0. The highest BCUT2D eigenvalue weighted by atomic mass is 32.1. The maximum Gasteiger partial charge on any atom is 0.106 e. The van der Waals surface area contributed by atoms with E-state index in [9.17, 15) is 0 Å². The Hall–Kier alpha value is -2.07. The van der Waals surface area contributed by atoms with Gasteiger partial charge >= 0.3 is 0 Å². The first-order valence-corrected chi connectivity index (χ1v) is 6.83. The van der Waals surface area contributed by atoms with Crippen molar-refractivity contribution in [3.05, 3.63) is 53.6 Å². The van der Waals surface area contributed by atoms with Crippen LogP contribution < -0.4 is 16.0 Å². The third-order valence-electron chi connectivity index (χ3n) is 3.10. The van der Waals surface area contributed by atoms with Gasteiger partial charge in [-0.2, -0.15) is 0 Å². The Balaban J connectivity index is 2.29. The van der Waals surface area contributed by atoms with Gasteiger partial charge in [0.05, 0.1) is 0 Å². The van der Waals surface area contributed by atoms with Crippen molar-refractivity contribution in [3.63, 3.8) is 0 Å². The predicted molar refractivity (Wildman–Crippen MR) is 91.1 cm³/mol.